The Balaban J connectivity index is 1.81. The van der Waals surface area contributed by atoms with Crippen LogP contribution in [0.3, 0.4) is 0 Å². The van der Waals surface area contributed by atoms with Gasteiger partial charge in [-0.05, 0) is 12.8 Å². The minimum atomic E-state index is 0.172. The molecule has 0 aromatic carbocycles. The number of nitrogens with zero attached hydrogens (tertiary/aromatic N) is 2. The van der Waals surface area contributed by atoms with Gasteiger partial charge in [0.1, 0.15) is 0 Å². The van der Waals surface area contributed by atoms with Crippen molar-refractivity contribution in [1.82, 2.24) is 14.9 Å². The molecule has 1 aliphatic rings. The first-order chi connectivity index (χ1) is 6.38. The largest absolute Gasteiger partial charge is 0.395 e. The maximum atomic E-state index is 8.69. The van der Waals surface area contributed by atoms with Crippen LogP contribution in [0, 0.1) is 0 Å². The van der Waals surface area contributed by atoms with Crippen LogP contribution in [0.25, 0.3) is 0 Å². The van der Waals surface area contributed by atoms with Crippen LogP contribution in [0.15, 0.2) is 12.5 Å². The molecule has 0 radical (unpaired) electrons. The number of aromatic nitrogens is 2. The average molecular weight is 181 g/mol. The van der Waals surface area contributed by atoms with E-state index in [1.54, 1.807) is 6.33 Å². The zero-order valence-electron chi connectivity index (χ0n) is 7.61. The molecule has 13 heavy (non-hydrogen) atoms. The van der Waals surface area contributed by atoms with Crippen LogP contribution < -0.4 is 5.32 Å². The van der Waals surface area contributed by atoms with Crippen LogP contribution in [-0.4, -0.2) is 27.3 Å². The summed E-state index contributed by atoms with van der Waals surface area (Å²) < 4.78 is 1.91. The number of rotatable bonds is 5. The first kappa shape index (κ1) is 8.72. The molecule has 1 saturated carbocycles. The topological polar surface area (TPSA) is 50.1 Å². The van der Waals surface area contributed by atoms with Gasteiger partial charge in [-0.3, -0.25) is 0 Å². The second-order valence-corrected chi connectivity index (χ2v) is 3.48. The number of hydrogen-bond donors (Lipinski definition) is 2. The minimum absolute atomic E-state index is 0.172. The summed E-state index contributed by atoms with van der Waals surface area (Å²) in [6.45, 7) is 1.66. The lowest BCUT2D eigenvalue weighted by Gasteiger charge is -1.98. The highest BCUT2D eigenvalue weighted by molar-refractivity contribution is 4.97. The molecule has 0 spiro atoms. The molecule has 1 fully saturated rings. The van der Waals surface area contributed by atoms with Crippen LogP contribution in [0.5, 0.6) is 0 Å². The van der Waals surface area contributed by atoms with Gasteiger partial charge in [-0.1, -0.05) is 0 Å². The molecular weight excluding hydrogens is 166 g/mol. The minimum Gasteiger partial charge on any atom is -0.395 e. The van der Waals surface area contributed by atoms with Crippen molar-refractivity contribution in [3.05, 3.63) is 18.2 Å². The van der Waals surface area contributed by atoms with Crippen LogP contribution in [0.1, 0.15) is 18.5 Å². The molecule has 1 aromatic heterocycles. The molecule has 0 unspecified atom stereocenters. The highest BCUT2D eigenvalue weighted by Gasteiger charge is 2.20. The molecular formula is C9H15N3O. The van der Waals surface area contributed by atoms with Gasteiger partial charge in [0, 0.05) is 25.3 Å². The Morgan fingerprint density at radius 2 is 2.46 bits per heavy atom. The fourth-order valence-corrected chi connectivity index (χ4v) is 1.27. The van der Waals surface area contributed by atoms with E-state index in [1.807, 2.05) is 10.8 Å². The van der Waals surface area contributed by atoms with Crippen molar-refractivity contribution in [1.29, 1.82) is 0 Å². The lowest BCUT2D eigenvalue weighted by Crippen LogP contribution is -2.15. The van der Waals surface area contributed by atoms with Crippen molar-refractivity contribution >= 4 is 0 Å². The first-order valence-corrected chi connectivity index (χ1v) is 4.73. The smallest absolute Gasteiger partial charge is 0.0950 e. The molecule has 0 amide bonds. The number of aliphatic hydroxyl groups excluding tert-OH is 1. The lowest BCUT2D eigenvalue weighted by atomic mass is 10.4. The lowest BCUT2D eigenvalue weighted by molar-refractivity contribution is 0.276. The van der Waals surface area contributed by atoms with Crippen LogP contribution in [-0.2, 0) is 13.1 Å². The Kier molecular flexibility index (Phi) is 2.61. The monoisotopic (exact) mass is 181 g/mol. The van der Waals surface area contributed by atoms with Crippen molar-refractivity contribution < 1.29 is 5.11 Å². The molecule has 0 aliphatic heterocycles. The highest BCUT2D eigenvalue weighted by Crippen LogP contribution is 2.18. The molecule has 1 aliphatic carbocycles. The third kappa shape index (κ3) is 2.54. The van der Waals surface area contributed by atoms with Gasteiger partial charge in [-0.2, -0.15) is 0 Å². The normalized spacial score (nSPS) is 16.4. The molecule has 4 nitrogen and oxygen atoms in total. The molecule has 72 valence electrons. The van der Waals surface area contributed by atoms with E-state index in [-0.39, 0.29) is 6.61 Å². The van der Waals surface area contributed by atoms with E-state index in [0.717, 1.165) is 18.3 Å². The summed E-state index contributed by atoms with van der Waals surface area (Å²) in [6.07, 6.45) is 6.35. The van der Waals surface area contributed by atoms with Crippen molar-refractivity contribution in [2.45, 2.75) is 32.0 Å². The summed E-state index contributed by atoms with van der Waals surface area (Å²) in [5.74, 6) is 0. The average Bonchev–Trinajstić information content (AvgIpc) is 2.85. The Hall–Kier alpha value is -0.870. The van der Waals surface area contributed by atoms with Crippen LogP contribution >= 0.6 is 0 Å². The van der Waals surface area contributed by atoms with Gasteiger partial charge in [0.05, 0.1) is 18.6 Å². The second kappa shape index (κ2) is 3.89. The maximum Gasteiger partial charge on any atom is 0.0950 e. The molecule has 2 rings (SSSR count). The van der Waals surface area contributed by atoms with Gasteiger partial charge < -0.3 is 15.0 Å². The third-order valence-electron chi connectivity index (χ3n) is 2.19. The van der Waals surface area contributed by atoms with Gasteiger partial charge in [-0.25, -0.2) is 4.98 Å². The summed E-state index contributed by atoms with van der Waals surface area (Å²) in [7, 11) is 0. The van der Waals surface area contributed by atoms with E-state index in [4.69, 9.17) is 5.11 Å². The predicted octanol–water partition coefficient (Wildman–Crippen LogP) is 0.127. The molecule has 1 heterocycles. The molecule has 2 N–H and O–H groups in total. The van der Waals surface area contributed by atoms with E-state index in [0.29, 0.717) is 6.54 Å². The van der Waals surface area contributed by atoms with Crippen LogP contribution in [0.4, 0.5) is 0 Å². The van der Waals surface area contributed by atoms with Gasteiger partial charge in [-0.15, -0.1) is 0 Å². The summed E-state index contributed by atoms with van der Waals surface area (Å²) in [4.78, 5) is 4.22. The zero-order valence-corrected chi connectivity index (χ0v) is 7.61. The number of hydrogen-bond acceptors (Lipinski definition) is 3. The molecule has 4 heteroatoms. The van der Waals surface area contributed by atoms with Crippen molar-refractivity contribution in [3.63, 3.8) is 0 Å². The number of aliphatic hydroxyl groups is 1. The van der Waals surface area contributed by atoms with Gasteiger partial charge in [0.25, 0.3) is 0 Å². The standard InChI is InChI=1S/C9H15N3O/c13-4-3-12-6-9(11-7-12)5-10-8-1-2-8/h6-8,10,13H,1-5H2. The Labute approximate surface area is 77.6 Å². The maximum absolute atomic E-state index is 8.69. The van der Waals surface area contributed by atoms with E-state index in [2.05, 4.69) is 10.3 Å². The Bertz CT molecular complexity index is 268. The van der Waals surface area contributed by atoms with Crippen molar-refractivity contribution in [3.8, 4) is 0 Å². The quantitative estimate of drug-likeness (QED) is 0.678. The summed E-state index contributed by atoms with van der Waals surface area (Å²) in [5.41, 5.74) is 1.06. The summed E-state index contributed by atoms with van der Waals surface area (Å²) in [6, 6.07) is 0.725. The van der Waals surface area contributed by atoms with Crippen LogP contribution in [0.2, 0.25) is 0 Å². The third-order valence-corrected chi connectivity index (χ3v) is 2.19. The predicted molar refractivity (Wildman–Crippen MR) is 49.2 cm³/mol. The summed E-state index contributed by atoms with van der Waals surface area (Å²) >= 11 is 0. The van der Waals surface area contributed by atoms with E-state index < -0.39 is 0 Å². The number of imidazole rings is 1. The molecule has 0 bridgehead atoms. The highest BCUT2D eigenvalue weighted by atomic mass is 16.3. The summed E-state index contributed by atoms with van der Waals surface area (Å²) in [5, 5.41) is 12.1. The molecule has 1 aromatic rings. The van der Waals surface area contributed by atoms with E-state index in [9.17, 15) is 0 Å². The SMILES string of the molecule is OCCn1cnc(CNC2CC2)c1. The second-order valence-electron chi connectivity index (χ2n) is 3.48. The van der Waals surface area contributed by atoms with Crippen molar-refractivity contribution in [2.24, 2.45) is 0 Å². The van der Waals surface area contributed by atoms with Gasteiger partial charge >= 0.3 is 0 Å². The molecule has 0 saturated heterocycles. The van der Waals surface area contributed by atoms with E-state index >= 15 is 0 Å². The first-order valence-electron chi connectivity index (χ1n) is 4.73. The van der Waals surface area contributed by atoms with Crippen molar-refractivity contribution in [2.75, 3.05) is 6.61 Å². The molecule has 0 atom stereocenters. The fraction of sp³-hybridized carbons (Fsp3) is 0.667. The van der Waals surface area contributed by atoms with Gasteiger partial charge in [0.2, 0.25) is 0 Å². The Morgan fingerprint density at radius 1 is 1.62 bits per heavy atom. The zero-order chi connectivity index (χ0) is 9.10. The number of nitrogens with one attached hydrogen (secondary N) is 1. The fourth-order valence-electron chi connectivity index (χ4n) is 1.27. The van der Waals surface area contributed by atoms with E-state index in [1.165, 1.54) is 12.8 Å². The Morgan fingerprint density at radius 3 is 3.15 bits per heavy atom. The van der Waals surface area contributed by atoms with Gasteiger partial charge in [0.15, 0.2) is 0 Å².